The van der Waals surface area contributed by atoms with Gasteiger partial charge in [-0.1, -0.05) is 11.6 Å². The smallest absolute Gasteiger partial charge is 0.265 e. The number of rotatable bonds is 2. The first kappa shape index (κ1) is 9.35. The maximum absolute atomic E-state index is 12.2. The number of pyridine rings is 1. The summed E-state index contributed by atoms with van der Waals surface area (Å²) in [7, 11) is 0. The zero-order valence-corrected chi connectivity index (χ0v) is 6.72. The van der Waals surface area contributed by atoms with Gasteiger partial charge in [0.25, 0.3) is 6.43 Å². The number of nitrogens with zero attached hydrogens (tertiary/aromatic N) is 1. The number of aliphatic hydroxyl groups is 1. The van der Waals surface area contributed by atoms with Crippen molar-refractivity contribution in [3.05, 3.63) is 28.5 Å². The zero-order chi connectivity index (χ0) is 9.14. The molecule has 1 heterocycles. The fourth-order valence-electron chi connectivity index (χ4n) is 0.804. The zero-order valence-electron chi connectivity index (χ0n) is 5.97. The summed E-state index contributed by atoms with van der Waals surface area (Å²) >= 11 is 5.44. The van der Waals surface area contributed by atoms with Crippen LogP contribution in [0, 0.1) is 0 Å². The van der Waals surface area contributed by atoms with E-state index in [0.717, 1.165) is 6.07 Å². The van der Waals surface area contributed by atoms with Crippen LogP contribution >= 0.6 is 11.6 Å². The Balaban J connectivity index is 3.12. The second-order valence-electron chi connectivity index (χ2n) is 2.15. The molecule has 0 fully saturated rings. The minimum atomic E-state index is -2.65. The van der Waals surface area contributed by atoms with Crippen LogP contribution in [0.15, 0.2) is 12.3 Å². The van der Waals surface area contributed by atoms with E-state index < -0.39 is 13.0 Å². The van der Waals surface area contributed by atoms with Crippen LogP contribution in [0.3, 0.4) is 0 Å². The van der Waals surface area contributed by atoms with Crippen molar-refractivity contribution in [2.45, 2.75) is 13.0 Å². The maximum Gasteiger partial charge on any atom is 0.265 e. The fourth-order valence-corrected chi connectivity index (χ4v) is 0.971. The molecule has 0 saturated carbocycles. The molecule has 0 aromatic carbocycles. The number of hydrogen-bond acceptors (Lipinski definition) is 2. The van der Waals surface area contributed by atoms with E-state index in [4.69, 9.17) is 16.7 Å². The lowest BCUT2D eigenvalue weighted by Gasteiger charge is -2.04. The molecule has 1 N–H and O–H groups in total. The lowest BCUT2D eigenvalue weighted by molar-refractivity contribution is 0.146. The highest BCUT2D eigenvalue weighted by atomic mass is 35.5. The first-order valence-electron chi connectivity index (χ1n) is 3.18. The molecule has 0 unspecified atom stereocenters. The summed E-state index contributed by atoms with van der Waals surface area (Å²) in [5.41, 5.74) is -0.348. The molecule has 0 bridgehead atoms. The average Bonchev–Trinajstić information content (AvgIpc) is 2.04. The molecule has 12 heavy (non-hydrogen) atoms. The van der Waals surface area contributed by atoms with Crippen LogP contribution in [-0.4, -0.2) is 10.1 Å². The predicted molar refractivity (Wildman–Crippen MR) is 40.1 cm³/mol. The molecule has 66 valence electrons. The molecule has 0 aliphatic rings. The Kier molecular flexibility index (Phi) is 2.94. The van der Waals surface area contributed by atoms with Gasteiger partial charge < -0.3 is 5.11 Å². The Morgan fingerprint density at radius 2 is 2.25 bits per heavy atom. The van der Waals surface area contributed by atoms with Gasteiger partial charge in [0.05, 0.1) is 17.3 Å². The highest BCUT2D eigenvalue weighted by molar-refractivity contribution is 6.30. The van der Waals surface area contributed by atoms with Crippen LogP contribution < -0.4 is 0 Å². The molecule has 0 spiro atoms. The monoisotopic (exact) mass is 193 g/mol. The Morgan fingerprint density at radius 1 is 1.58 bits per heavy atom. The van der Waals surface area contributed by atoms with Gasteiger partial charge in [0.2, 0.25) is 0 Å². The number of alkyl halides is 2. The van der Waals surface area contributed by atoms with Crippen molar-refractivity contribution in [3.8, 4) is 0 Å². The summed E-state index contributed by atoms with van der Waals surface area (Å²) in [4.78, 5) is 3.56. The van der Waals surface area contributed by atoms with Crippen molar-refractivity contribution in [2.75, 3.05) is 0 Å². The normalized spacial score (nSPS) is 10.8. The summed E-state index contributed by atoms with van der Waals surface area (Å²) in [5.74, 6) is 0. The van der Waals surface area contributed by atoms with Crippen LogP contribution in [0.2, 0.25) is 5.02 Å². The SMILES string of the molecule is OCc1ncc(Cl)cc1C(F)F. The van der Waals surface area contributed by atoms with Gasteiger partial charge in [-0.2, -0.15) is 0 Å². The molecule has 0 amide bonds. The molecule has 0 radical (unpaired) electrons. The van der Waals surface area contributed by atoms with Crippen molar-refractivity contribution in [2.24, 2.45) is 0 Å². The Labute approximate surface area is 72.8 Å². The van der Waals surface area contributed by atoms with E-state index in [-0.39, 0.29) is 16.3 Å². The second kappa shape index (κ2) is 3.78. The summed E-state index contributed by atoms with van der Waals surface area (Å²) in [6.07, 6.45) is -1.43. The highest BCUT2D eigenvalue weighted by Crippen LogP contribution is 2.24. The second-order valence-corrected chi connectivity index (χ2v) is 2.58. The molecule has 1 rings (SSSR count). The molecule has 2 nitrogen and oxygen atoms in total. The highest BCUT2D eigenvalue weighted by Gasteiger charge is 2.13. The largest absolute Gasteiger partial charge is 0.390 e. The molecule has 0 aliphatic carbocycles. The summed E-state index contributed by atoms with van der Waals surface area (Å²) in [6.45, 7) is -0.503. The third-order valence-electron chi connectivity index (χ3n) is 1.36. The van der Waals surface area contributed by atoms with Gasteiger partial charge in [0.1, 0.15) is 0 Å². The van der Waals surface area contributed by atoms with E-state index in [0.29, 0.717) is 0 Å². The van der Waals surface area contributed by atoms with E-state index in [1.54, 1.807) is 0 Å². The molecule has 0 saturated heterocycles. The maximum atomic E-state index is 12.2. The van der Waals surface area contributed by atoms with Crippen molar-refractivity contribution in [1.29, 1.82) is 0 Å². The van der Waals surface area contributed by atoms with Crippen molar-refractivity contribution in [1.82, 2.24) is 4.98 Å². The minimum absolute atomic E-state index is 0.0330. The van der Waals surface area contributed by atoms with Crippen LogP contribution in [0.25, 0.3) is 0 Å². The molecule has 1 aromatic rings. The van der Waals surface area contributed by atoms with E-state index in [1.165, 1.54) is 6.20 Å². The van der Waals surface area contributed by atoms with E-state index in [1.807, 2.05) is 0 Å². The van der Waals surface area contributed by atoms with Crippen LogP contribution in [-0.2, 0) is 6.61 Å². The third kappa shape index (κ3) is 1.89. The number of aliphatic hydroxyl groups excluding tert-OH is 1. The van der Waals surface area contributed by atoms with E-state index in [9.17, 15) is 8.78 Å². The van der Waals surface area contributed by atoms with Crippen molar-refractivity contribution < 1.29 is 13.9 Å². The standard InChI is InChI=1S/C7H6ClF2NO/c8-4-1-5(7(9)10)6(3-12)11-2-4/h1-2,7,12H,3H2. The van der Waals surface area contributed by atoms with Gasteiger partial charge in [-0.25, -0.2) is 8.78 Å². The average molecular weight is 194 g/mol. The lowest BCUT2D eigenvalue weighted by Crippen LogP contribution is -1.97. The quantitative estimate of drug-likeness (QED) is 0.781. The van der Waals surface area contributed by atoms with Gasteiger partial charge in [0.15, 0.2) is 0 Å². The molecule has 0 atom stereocenters. The predicted octanol–water partition coefficient (Wildman–Crippen LogP) is 2.16. The van der Waals surface area contributed by atoms with Crippen LogP contribution in [0.5, 0.6) is 0 Å². The summed E-state index contributed by atoms with van der Waals surface area (Å²) in [6, 6.07) is 1.10. The van der Waals surface area contributed by atoms with Crippen molar-refractivity contribution >= 4 is 11.6 Å². The Hall–Kier alpha value is -0.740. The first-order valence-corrected chi connectivity index (χ1v) is 3.56. The Morgan fingerprint density at radius 3 is 2.75 bits per heavy atom. The van der Waals surface area contributed by atoms with Crippen molar-refractivity contribution in [3.63, 3.8) is 0 Å². The van der Waals surface area contributed by atoms with Crippen LogP contribution in [0.1, 0.15) is 17.7 Å². The van der Waals surface area contributed by atoms with E-state index >= 15 is 0 Å². The first-order chi connectivity index (χ1) is 5.65. The minimum Gasteiger partial charge on any atom is -0.390 e. The number of halogens is 3. The van der Waals surface area contributed by atoms with Gasteiger partial charge in [0, 0.05) is 11.8 Å². The molecule has 1 aromatic heterocycles. The lowest BCUT2D eigenvalue weighted by atomic mass is 10.2. The van der Waals surface area contributed by atoms with Crippen LogP contribution in [0.4, 0.5) is 8.78 Å². The molecular formula is C7H6ClF2NO. The van der Waals surface area contributed by atoms with Gasteiger partial charge in [-0.05, 0) is 6.07 Å². The van der Waals surface area contributed by atoms with Gasteiger partial charge in [-0.3, -0.25) is 4.98 Å². The summed E-state index contributed by atoms with van der Waals surface area (Å²) in [5, 5.41) is 8.76. The summed E-state index contributed by atoms with van der Waals surface area (Å²) < 4.78 is 24.4. The molecule has 0 aliphatic heterocycles. The topological polar surface area (TPSA) is 33.1 Å². The fraction of sp³-hybridized carbons (Fsp3) is 0.286. The number of hydrogen-bond donors (Lipinski definition) is 1. The van der Waals surface area contributed by atoms with Gasteiger partial charge >= 0.3 is 0 Å². The Bertz CT molecular complexity index is 280. The third-order valence-corrected chi connectivity index (χ3v) is 1.56. The van der Waals surface area contributed by atoms with E-state index in [2.05, 4.69) is 4.98 Å². The number of aromatic nitrogens is 1. The van der Waals surface area contributed by atoms with Gasteiger partial charge in [-0.15, -0.1) is 0 Å². The molecular weight excluding hydrogens is 188 g/mol. The molecule has 5 heteroatoms.